The normalized spacial score (nSPS) is 12.2. The second-order valence-electron chi connectivity index (χ2n) is 9.39. The van der Waals surface area contributed by atoms with E-state index in [1.807, 2.05) is 24.3 Å². The SMILES string of the molecule is CCCCCc1ccc(-c2ccc(-c3ccc(-c4cc(F)c(C(F)=CC(F)(F)F)c(F)c4)c(F)c3)c(F)c2)cc1. The molecule has 4 aromatic rings. The van der Waals surface area contributed by atoms with Gasteiger partial charge in [0.15, 0.2) is 0 Å². The largest absolute Gasteiger partial charge is 0.412 e. The van der Waals surface area contributed by atoms with Crippen molar-refractivity contribution in [1.82, 2.24) is 0 Å². The van der Waals surface area contributed by atoms with Crippen LogP contribution in [0, 0.1) is 23.3 Å². The van der Waals surface area contributed by atoms with Crippen molar-refractivity contribution in [1.29, 1.82) is 0 Å². The Bertz CT molecular complexity index is 1510. The van der Waals surface area contributed by atoms with Crippen LogP contribution >= 0.6 is 0 Å². The molecule has 0 saturated carbocycles. The lowest BCUT2D eigenvalue weighted by molar-refractivity contribution is -0.0798. The molecular weight excluding hydrogens is 536 g/mol. The van der Waals surface area contributed by atoms with Crippen molar-refractivity contribution in [3.8, 4) is 33.4 Å². The van der Waals surface area contributed by atoms with Crippen LogP contribution in [0.15, 0.2) is 78.9 Å². The molecule has 0 fully saturated rings. The van der Waals surface area contributed by atoms with E-state index in [-0.39, 0.29) is 22.3 Å². The van der Waals surface area contributed by atoms with Crippen molar-refractivity contribution in [2.45, 2.75) is 38.8 Å². The molecule has 0 unspecified atom stereocenters. The first-order chi connectivity index (χ1) is 19.0. The third-order valence-corrected chi connectivity index (χ3v) is 6.49. The number of rotatable bonds is 8. The van der Waals surface area contributed by atoms with Gasteiger partial charge in [-0.3, -0.25) is 0 Å². The Morgan fingerprint density at radius 2 is 1.12 bits per heavy atom. The summed E-state index contributed by atoms with van der Waals surface area (Å²) in [4.78, 5) is 0. The van der Waals surface area contributed by atoms with Crippen molar-refractivity contribution < 1.29 is 35.1 Å². The smallest absolute Gasteiger partial charge is 0.206 e. The fraction of sp³-hybridized carbons (Fsp3) is 0.188. The highest BCUT2D eigenvalue weighted by molar-refractivity contribution is 5.75. The summed E-state index contributed by atoms with van der Waals surface area (Å²) in [5.41, 5.74) is 0.733. The van der Waals surface area contributed by atoms with Gasteiger partial charge in [-0.05, 0) is 64.9 Å². The lowest BCUT2D eigenvalue weighted by Gasteiger charge is -2.11. The molecule has 4 aromatic carbocycles. The van der Waals surface area contributed by atoms with Crippen LogP contribution < -0.4 is 0 Å². The van der Waals surface area contributed by atoms with E-state index in [2.05, 4.69) is 6.92 Å². The van der Waals surface area contributed by atoms with Gasteiger partial charge in [-0.2, -0.15) is 13.2 Å². The van der Waals surface area contributed by atoms with Gasteiger partial charge < -0.3 is 0 Å². The number of benzene rings is 4. The Kier molecular flexibility index (Phi) is 8.76. The van der Waals surface area contributed by atoms with E-state index in [1.54, 1.807) is 6.07 Å². The summed E-state index contributed by atoms with van der Waals surface area (Å²) in [6.45, 7) is 2.14. The molecule has 0 nitrogen and oxygen atoms in total. The van der Waals surface area contributed by atoms with Crippen molar-refractivity contribution >= 4 is 5.83 Å². The second-order valence-corrected chi connectivity index (χ2v) is 9.39. The molecule has 0 aliphatic carbocycles. The number of hydrogen-bond acceptors (Lipinski definition) is 0. The Hall–Kier alpha value is -3.94. The van der Waals surface area contributed by atoms with Crippen LogP contribution in [0.3, 0.4) is 0 Å². The molecule has 0 bridgehead atoms. The number of unbranched alkanes of at least 4 members (excludes halogenated alkanes) is 2. The Labute approximate surface area is 226 Å². The fourth-order valence-corrected chi connectivity index (χ4v) is 4.46. The molecule has 0 N–H and O–H groups in total. The Morgan fingerprint density at radius 3 is 1.68 bits per heavy atom. The molecule has 0 heterocycles. The molecule has 0 aliphatic heterocycles. The number of hydrogen-bond donors (Lipinski definition) is 0. The summed E-state index contributed by atoms with van der Waals surface area (Å²) in [5.74, 6) is -6.98. The fourth-order valence-electron chi connectivity index (χ4n) is 4.46. The summed E-state index contributed by atoms with van der Waals surface area (Å²) in [6, 6.07) is 16.9. The number of allylic oxidation sites excluding steroid dienone is 1. The summed E-state index contributed by atoms with van der Waals surface area (Å²) in [7, 11) is 0. The van der Waals surface area contributed by atoms with Crippen LogP contribution in [0.1, 0.15) is 37.3 Å². The summed E-state index contributed by atoms with van der Waals surface area (Å²) in [6.07, 6.45) is -1.64. The molecule has 0 saturated heterocycles. The zero-order chi connectivity index (χ0) is 29.0. The van der Waals surface area contributed by atoms with Crippen LogP contribution in [0.5, 0.6) is 0 Å². The monoisotopic (exact) mass is 560 g/mol. The number of aryl methyl sites for hydroxylation is 1. The summed E-state index contributed by atoms with van der Waals surface area (Å²) in [5, 5.41) is 0. The van der Waals surface area contributed by atoms with E-state index >= 15 is 4.39 Å². The maximum atomic E-state index is 15.1. The van der Waals surface area contributed by atoms with Gasteiger partial charge in [0.2, 0.25) is 0 Å². The van der Waals surface area contributed by atoms with Crippen LogP contribution in [0.2, 0.25) is 0 Å². The minimum Gasteiger partial charge on any atom is -0.206 e. The molecule has 0 aliphatic rings. The van der Waals surface area contributed by atoms with Gasteiger partial charge in [0.1, 0.15) is 29.1 Å². The maximum absolute atomic E-state index is 15.1. The van der Waals surface area contributed by atoms with E-state index in [4.69, 9.17) is 0 Å². The second kappa shape index (κ2) is 12.1. The first-order valence-corrected chi connectivity index (χ1v) is 12.6. The van der Waals surface area contributed by atoms with Gasteiger partial charge in [-0.1, -0.05) is 68.3 Å². The van der Waals surface area contributed by atoms with Gasteiger partial charge in [0, 0.05) is 11.1 Å². The maximum Gasteiger partial charge on any atom is 0.412 e. The molecule has 0 radical (unpaired) electrons. The predicted molar refractivity (Wildman–Crippen MR) is 141 cm³/mol. The first kappa shape index (κ1) is 29.1. The third-order valence-electron chi connectivity index (χ3n) is 6.49. The first-order valence-electron chi connectivity index (χ1n) is 12.6. The molecule has 4 rings (SSSR count). The molecule has 208 valence electrons. The van der Waals surface area contributed by atoms with E-state index in [0.717, 1.165) is 43.4 Å². The highest BCUT2D eigenvalue weighted by atomic mass is 19.4. The van der Waals surface area contributed by atoms with Crippen LogP contribution in [0.25, 0.3) is 39.2 Å². The van der Waals surface area contributed by atoms with E-state index in [9.17, 15) is 30.7 Å². The van der Waals surface area contributed by atoms with Gasteiger partial charge in [-0.25, -0.2) is 22.0 Å². The number of alkyl halides is 3. The van der Waals surface area contributed by atoms with Crippen LogP contribution in [0.4, 0.5) is 35.1 Å². The quantitative estimate of drug-likeness (QED) is 0.149. The van der Waals surface area contributed by atoms with Crippen molar-refractivity contribution in [2.24, 2.45) is 0 Å². The standard InChI is InChI=1S/C32H24F8/c1-2-3-4-5-19-6-8-20(9-7-19)21-10-12-24(26(33)14-21)22-11-13-25(27(34)15-22)23-16-28(35)31(29(36)17-23)30(37)18-32(38,39)40/h6-18H,2-5H2,1H3. The third kappa shape index (κ3) is 6.79. The average molecular weight is 561 g/mol. The van der Waals surface area contributed by atoms with Gasteiger partial charge in [-0.15, -0.1) is 0 Å². The van der Waals surface area contributed by atoms with Crippen LogP contribution in [-0.4, -0.2) is 6.18 Å². The number of halogens is 8. The minimum atomic E-state index is -5.13. The molecule has 0 spiro atoms. The van der Waals surface area contributed by atoms with E-state index in [1.165, 1.54) is 23.8 Å². The van der Waals surface area contributed by atoms with Gasteiger partial charge in [0.05, 0.1) is 11.6 Å². The highest BCUT2D eigenvalue weighted by Gasteiger charge is 2.28. The van der Waals surface area contributed by atoms with Crippen LogP contribution in [-0.2, 0) is 6.42 Å². The highest BCUT2D eigenvalue weighted by Crippen LogP contribution is 2.35. The summed E-state index contributed by atoms with van der Waals surface area (Å²) < 4.78 is 110. The Balaban J connectivity index is 1.58. The molecule has 0 aromatic heterocycles. The average Bonchev–Trinajstić information content (AvgIpc) is 2.87. The zero-order valence-electron chi connectivity index (χ0n) is 21.4. The molecule has 0 atom stereocenters. The van der Waals surface area contributed by atoms with E-state index < -0.39 is 46.9 Å². The molecular formula is C32H24F8. The topological polar surface area (TPSA) is 0 Å². The lowest BCUT2D eigenvalue weighted by Crippen LogP contribution is -2.04. The molecule has 0 amide bonds. The Morgan fingerprint density at radius 1 is 0.625 bits per heavy atom. The minimum absolute atomic E-state index is 0.0949. The van der Waals surface area contributed by atoms with Crippen molar-refractivity contribution in [3.05, 3.63) is 113 Å². The van der Waals surface area contributed by atoms with Crippen molar-refractivity contribution in [2.75, 3.05) is 0 Å². The lowest BCUT2D eigenvalue weighted by atomic mass is 9.96. The van der Waals surface area contributed by atoms with Gasteiger partial charge in [0.25, 0.3) is 0 Å². The molecule has 40 heavy (non-hydrogen) atoms. The predicted octanol–water partition coefficient (Wildman–Crippen LogP) is 10.8. The molecule has 8 heteroatoms. The van der Waals surface area contributed by atoms with Crippen molar-refractivity contribution in [3.63, 3.8) is 0 Å². The van der Waals surface area contributed by atoms with E-state index in [0.29, 0.717) is 17.7 Å². The zero-order valence-corrected chi connectivity index (χ0v) is 21.4. The van der Waals surface area contributed by atoms with Gasteiger partial charge >= 0.3 is 6.18 Å². The summed E-state index contributed by atoms with van der Waals surface area (Å²) >= 11 is 0.